The first-order valence-corrected chi connectivity index (χ1v) is 13.0. The highest BCUT2D eigenvalue weighted by atomic mass is 16.6. The number of aromatic nitrogens is 1. The summed E-state index contributed by atoms with van der Waals surface area (Å²) in [4.78, 5) is 34.8. The lowest BCUT2D eigenvalue weighted by atomic mass is 9.89. The van der Waals surface area contributed by atoms with Gasteiger partial charge in [-0.1, -0.05) is 18.2 Å². The zero-order valence-corrected chi connectivity index (χ0v) is 20.6. The molecule has 1 saturated carbocycles. The quantitative estimate of drug-likeness (QED) is 0.701. The number of aryl methyl sites for hydroxylation is 1. The van der Waals surface area contributed by atoms with Crippen molar-refractivity contribution in [2.24, 2.45) is 11.3 Å². The third-order valence-electron chi connectivity index (χ3n) is 8.53. The van der Waals surface area contributed by atoms with E-state index < -0.39 is 0 Å². The largest absolute Gasteiger partial charge is 0.450 e. The summed E-state index contributed by atoms with van der Waals surface area (Å²) in [5.41, 5.74) is 2.85. The van der Waals surface area contributed by atoms with Crippen LogP contribution in [0.5, 0.6) is 0 Å². The number of nitrogens with zero attached hydrogens (tertiary/aromatic N) is 3. The molecule has 3 heterocycles. The fourth-order valence-corrected chi connectivity index (χ4v) is 6.09. The van der Waals surface area contributed by atoms with E-state index in [0.29, 0.717) is 44.7 Å². The zero-order valence-electron chi connectivity index (χ0n) is 20.6. The maximum absolute atomic E-state index is 13.2. The summed E-state index contributed by atoms with van der Waals surface area (Å²) < 4.78 is 5.09. The normalized spacial score (nSPS) is 23.3. The van der Waals surface area contributed by atoms with Gasteiger partial charge in [-0.2, -0.15) is 0 Å². The molecule has 1 spiro atoms. The van der Waals surface area contributed by atoms with E-state index in [1.54, 1.807) is 4.90 Å². The number of ether oxygens (including phenoxy) is 1. The Morgan fingerprint density at radius 3 is 2.53 bits per heavy atom. The number of fused-ring (bicyclic) bond motifs is 1. The van der Waals surface area contributed by atoms with Crippen LogP contribution in [0.25, 0.3) is 10.9 Å². The molecule has 184 valence electrons. The van der Waals surface area contributed by atoms with Gasteiger partial charge in [0.25, 0.3) is 0 Å². The Balaban J connectivity index is 1.07. The maximum Gasteiger partial charge on any atom is 0.409 e. The first kappa shape index (κ1) is 23.2. The van der Waals surface area contributed by atoms with E-state index in [1.165, 1.54) is 16.5 Å². The highest BCUT2D eigenvalue weighted by molar-refractivity contribution is 5.83. The van der Waals surface area contributed by atoms with Crippen molar-refractivity contribution in [3.05, 3.63) is 36.0 Å². The molecule has 3 fully saturated rings. The van der Waals surface area contributed by atoms with Gasteiger partial charge < -0.3 is 24.4 Å². The standard InChI is InChI=1S/C27H38N4O3/c1-3-34-26(33)31-16-14-30(15-17-31)25(32)23-18-27(23)10-12-29(13-11-27)20(2)8-9-21-19-28-24-7-5-4-6-22(21)24/h4-7,19-20,23,28H,3,8-18H2,1-2H3/t20-,23-/m1/s1. The molecule has 2 aromatic rings. The summed E-state index contributed by atoms with van der Waals surface area (Å²) in [6, 6.07) is 9.08. The van der Waals surface area contributed by atoms with Crippen molar-refractivity contribution in [2.45, 2.75) is 52.0 Å². The van der Waals surface area contributed by atoms with Gasteiger partial charge in [0.1, 0.15) is 0 Å². The van der Waals surface area contributed by atoms with Crippen molar-refractivity contribution in [1.29, 1.82) is 0 Å². The van der Waals surface area contributed by atoms with Gasteiger partial charge in [0.15, 0.2) is 0 Å². The SMILES string of the molecule is CCOC(=O)N1CCN(C(=O)[C@H]2CC23CCN([C@H](C)CCc2c[nH]c4ccccc24)CC3)CC1. The van der Waals surface area contributed by atoms with Gasteiger partial charge in [-0.15, -0.1) is 0 Å². The van der Waals surface area contributed by atoms with E-state index in [-0.39, 0.29) is 17.4 Å². The number of amides is 2. The van der Waals surface area contributed by atoms with Crippen LogP contribution in [0.15, 0.2) is 30.5 Å². The van der Waals surface area contributed by atoms with E-state index in [4.69, 9.17) is 4.74 Å². The van der Waals surface area contributed by atoms with Gasteiger partial charge in [-0.25, -0.2) is 4.79 Å². The molecule has 2 aliphatic heterocycles. The van der Waals surface area contributed by atoms with Gasteiger partial charge in [-0.3, -0.25) is 4.79 Å². The topological polar surface area (TPSA) is 68.9 Å². The second-order valence-electron chi connectivity index (χ2n) is 10.4. The molecule has 2 saturated heterocycles. The number of nitrogens with one attached hydrogen (secondary N) is 1. The molecular weight excluding hydrogens is 428 g/mol. The lowest BCUT2D eigenvalue weighted by molar-refractivity contribution is -0.135. The molecule has 3 aliphatic rings. The minimum atomic E-state index is -0.260. The molecule has 1 aromatic heterocycles. The predicted octanol–water partition coefficient (Wildman–Crippen LogP) is 3.89. The fraction of sp³-hybridized carbons (Fsp3) is 0.630. The summed E-state index contributed by atoms with van der Waals surface area (Å²) >= 11 is 0. The summed E-state index contributed by atoms with van der Waals surface area (Å²) in [6.45, 7) is 9.15. The first-order chi connectivity index (χ1) is 16.5. The van der Waals surface area contributed by atoms with Gasteiger partial charge in [0.05, 0.1) is 6.61 Å². The number of piperidine rings is 1. The Bertz CT molecular complexity index is 1020. The van der Waals surface area contributed by atoms with Crippen molar-refractivity contribution in [1.82, 2.24) is 19.7 Å². The number of likely N-dealkylation sites (tertiary alicyclic amines) is 1. The molecule has 1 aliphatic carbocycles. The molecule has 2 amide bonds. The van der Waals surface area contributed by atoms with E-state index in [1.807, 2.05) is 11.8 Å². The lowest BCUT2D eigenvalue weighted by Gasteiger charge is -2.38. The minimum absolute atomic E-state index is 0.185. The van der Waals surface area contributed by atoms with Crippen LogP contribution in [0, 0.1) is 11.3 Å². The molecule has 7 nitrogen and oxygen atoms in total. The van der Waals surface area contributed by atoms with Crippen LogP contribution in [0.1, 0.15) is 45.1 Å². The summed E-state index contributed by atoms with van der Waals surface area (Å²) in [7, 11) is 0. The van der Waals surface area contributed by atoms with Gasteiger partial charge in [0.2, 0.25) is 5.91 Å². The Morgan fingerprint density at radius 2 is 1.79 bits per heavy atom. The first-order valence-electron chi connectivity index (χ1n) is 13.0. The van der Waals surface area contributed by atoms with Crippen LogP contribution >= 0.6 is 0 Å². The molecule has 1 aromatic carbocycles. The second kappa shape index (κ2) is 9.61. The Kier molecular flexibility index (Phi) is 6.56. The second-order valence-corrected chi connectivity index (χ2v) is 10.4. The van der Waals surface area contributed by atoms with E-state index in [9.17, 15) is 9.59 Å². The van der Waals surface area contributed by atoms with Crippen LogP contribution < -0.4 is 0 Å². The number of para-hydroxylation sites is 1. The average molecular weight is 467 g/mol. The molecule has 1 N–H and O–H groups in total. The molecule has 0 bridgehead atoms. The van der Waals surface area contributed by atoms with Crippen LogP contribution in [-0.4, -0.2) is 83.6 Å². The van der Waals surface area contributed by atoms with Crippen molar-refractivity contribution >= 4 is 22.9 Å². The number of hydrogen-bond donors (Lipinski definition) is 1. The molecule has 2 atom stereocenters. The third kappa shape index (κ3) is 4.54. The molecule has 7 heteroatoms. The minimum Gasteiger partial charge on any atom is -0.450 e. The van der Waals surface area contributed by atoms with Crippen molar-refractivity contribution in [3.8, 4) is 0 Å². The number of benzene rings is 1. The number of hydrogen-bond acceptors (Lipinski definition) is 4. The Labute approximate surface area is 202 Å². The fourth-order valence-electron chi connectivity index (χ4n) is 6.09. The van der Waals surface area contributed by atoms with Crippen LogP contribution in [0.2, 0.25) is 0 Å². The molecule has 0 unspecified atom stereocenters. The smallest absolute Gasteiger partial charge is 0.409 e. The molecular formula is C27H38N4O3. The van der Waals surface area contributed by atoms with Crippen LogP contribution in [0.4, 0.5) is 4.79 Å². The number of carbonyl (C=O) groups excluding carboxylic acids is 2. The van der Waals surface area contributed by atoms with Crippen molar-refractivity contribution in [2.75, 3.05) is 45.9 Å². The summed E-state index contributed by atoms with van der Waals surface area (Å²) in [5, 5.41) is 1.34. The number of piperazine rings is 1. The Hall–Kier alpha value is -2.54. The van der Waals surface area contributed by atoms with Gasteiger partial charge in [-0.05, 0) is 76.1 Å². The molecule has 5 rings (SSSR count). The number of carbonyl (C=O) groups is 2. The predicted molar refractivity (Wildman–Crippen MR) is 133 cm³/mol. The zero-order chi connectivity index (χ0) is 23.7. The highest BCUT2D eigenvalue weighted by Crippen LogP contribution is 2.60. The van der Waals surface area contributed by atoms with Crippen molar-refractivity contribution < 1.29 is 14.3 Å². The lowest BCUT2D eigenvalue weighted by Crippen LogP contribution is -2.51. The third-order valence-corrected chi connectivity index (χ3v) is 8.53. The summed E-state index contributed by atoms with van der Waals surface area (Å²) in [6.07, 6.45) is 7.45. The van der Waals surface area contributed by atoms with Crippen LogP contribution in [-0.2, 0) is 16.0 Å². The van der Waals surface area contributed by atoms with E-state index in [0.717, 1.165) is 45.2 Å². The number of aromatic amines is 1. The van der Waals surface area contributed by atoms with Crippen molar-refractivity contribution in [3.63, 3.8) is 0 Å². The summed E-state index contributed by atoms with van der Waals surface area (Å²) in [5.74, 6) is 0.495. The molecule has 34 heavy (non-hydrogen) atoms. The maximum atomic E-state index is 13.2. The monoisotopic (exact) mass is 466 g/mol. The van der Waals surface area contributed by atoms with Crippen LogP contribution in [0.3, 0.4) is 0 Å². The number of H-pyrrole nitrogens is 1. The van der Waals surface area contributed by atoms with E-state index >= 15 is 0 Å². The molecule has 0 radical (unpaired) electrons. The van der Waals surface area contributed by atoms with Gasteiger partial charge >= 0.3 is 6.09 Å². The Morgan fingerprint density at radius 1 is 1.09 bits per heavy atom. The number of rotatable bonds is 6. The highest BCUT2D eigenvalue weighted by Gasteiger charge is 2.59. The van der Waals surface area contributed by atoms with E-state index in [2.05, 4.69) is 47.3 Å². The van der Waals surface area contributed by atoms with Gasteiger partial charge in [0, 0.05) is 55.2 Å². The average Bonchev–Trinajstić information content (AvgIpc) is 3.40.